The van der Waals surface area contributed by atoms with Crippen molar-refractivity contribution in [2.45, 2.75) is 193 Å². The molecule has 3 aliphatic rings. The largest absolute Gasteiger partial charge is 0.351 e. The van der Waals surface area contributed by atoms with Crippen molar-refractivity contribution in [3.05, 3.63) is 132 Å². The van der Waals surface area contributed by atoms with Gasteiger partial charge in [0.25, 0.3) is 11.8 Å². The average Bonchev–Trinajstić information content (AvgIpc) is 1.48. The lowest BCUT2D eigenvalue weighted by Gasteiger charge is -2.33. The topological polar surface area (TPSA) is 357 Å². The molecule has 3 fully saturated rings. The lowest BCUT2D eigenvalue weighted by Crippen LogP contribution is -2.62. The molecule has 5 heterocycles. The molecule has 26 nitrogen and oxygen atoms in total. The van der Waals surface area contributed by atoms with Crippen molar-refractivity contribution in [1.29, 1.82) is 0 Å². The van der Waals surface area contributed by atoms with Gasteiger partial charge < -0.3 is 63.0 Å². The minimum Gasteiger partial charge on any atom is -0.351 e. The Labute approximate surface area is 573 Å². The highest BCUT2D eigenvalue weighted by Gasteiger charge is 2.43. The highest BCUT2D eigenvalue weighted by molar-refractivity contribution is 6.00. The predicted molar refractivity (Wildman–Crippen MR) is 365 cm³/mol. The summed E-state index contributed by atoms with van der Waals surface area (Å²) in [5, 5.41) is 28.5. The van der Waals surface area contributed by atoms with Crippen LogP contribution in [-0.2, 0) is 60.8 Å². The van der Waals surface area contributed by atoms with Crippen LogP contribution in [0.4, 0.5) is 0 Å². The van der Waals surface area contributed by atoms with Gasteiger partial charge in [0, 0.05) is 51.4 Å². The highest BCUT2D eigenvalue weighted by Crippen LogP contribution is 2.24. The van der Waals surface area contributed by atoms with Crippen LogP contribution in [-0.4, -0.2) is 177 Å². The van der Waals surface area contributed by atoms with E-state index < -0.39 is 143 Å². The smallest absolute Gasteiger partial charge is 0.269 e. The third kappa shape index (κ3) is 22.2. The molecular weight excluding hydrogens is 1250 g/mol. The van der Waals surface area contributed by atoms with E-state index >= 15 is 9.59 Å². The number of carbonyl (C=O) groups excluding carboxylic acids is 12. The van der Waals surface area contributed by atoms with E-state index in [1.54, 1.807) is 125 Å². The normalized spacial score (nSPS) is 23.9. The molecule has 3 aliphatic heterocycles. The Morgan fingerprint density at radius 3 is 1.09 bits per heavy atom. The van der Waals surface area contributed by atoms with Gasteiger partial charge in [-0.3, -0.25) is 67.5 Å². The molecule has 0 radical (unpaired) electrons. The first-order valence-electron chi connectivity index (χ1n) is 34.4. The summed E-state index contributed by atoms with van der Waals surface area (Å²) in [5.41, 5.74) is 1.65. The van der Waals surface area contributed by atoms with Crippen molar-refractivity contribution < 1.29 is 57.5 Å². The van der Waals surface area contributed by atoms with Gasteiger partial charge in [-0.05, 0) is 123 Å². The standard InChI is InChI=1S/C72H98N14O12/c1-43(2)39-53-65(91)81-55(41-47-23-11-9-12-24-47)71(97)85-37-21-31-57(85)67(93)84-60(46(7)8)70(96)78-52(30-20-36-76-62(88)50-28-16-18-34-74-50)64(90)80-54(40-44(3)4)66(92)82-56(42-48-25-13-10-14-26-48)72(98)86-38-22-32-58(86)68(94)83-59(45(5)6)69(95)77-51(63(89)79-53)29-19-35-75-61(87)49-27-15-17-33-73-49/h9-18,23-28,33-34,43-46,51-60H,19-22,29-32,35-42H2,1-8H3,(H,75,87)(H,76,88)(H,77,95)(H,78,96)(H,79,89)(H,80,90)(H,81,91)(H,82,92)(H,83,94)(H,84,93)/t51-,52-,53-,54-,55+,56+,57-,58-,59-,60-/m0/s1. The Kier molecular flexibility index (Phi) is 28.8. The summed E-state index contributed by atoms with van der Waals surface area (Å²) < 4.78 is 0. The summed E-state index contributed by atoms with van der Waals surface area (Å²) in [7, 11) is 0. The molecular formula is C72H98N14O12. The maximum absolute atomic E-state index is 15.2. The van der Waals surface area contributed by atoms with Crippen LogP contribution in [0.1, 0.15) is 152 Å². The number of hydrogen-bond donors (Lipinski definition) is 10. The first-order chi connectivity index (χ1) is 46.9. The molecule has 0 saturated carbocycles. The quantitative estimate of drug-likeness (QED) is 0.0569. The Hall–Kier alpha value is -9.62. The van der Waals surface area contributed by atoms with Gasteiger partial charge in [-0.25, -0.2) is 0 Å². The second-order valence-electron chi connectivity index (χ2n) is 27.1. The number of aromatic nitrogens is 2. The Bertz CT molecular complexity index is 3160. The van der Waals surface area contributed by atoms with Gasteiger partial charge in [0.1, 0.15) is 71.8 Å². The third-order valence-electron chi connectivity index (χ3n) is 17.6. The molecule has 7 rings (SSSR count). The van der Waals surface area contributed by atoms with E-state index in [9.17, 15) is 47.9 Å². The molecule has 528 valence electrons. The Morgan fingerprint density at radius 1 is 0.418 bits per heavy atom. The zero-order valence-corrected chi connectivity index (χ0v) is 57.5. The van der Waals surface area contributed by atoms with E-state index in [1.807, 2.05) is 27.7 Å². The number of amides is 12. The first-order valence-corrected chi connectivity index (χ1v) is 34.4. The summed E-state index contributed by atoms with van der Waals surface area (Å²) >= 11 is 0. The maximum atomic E-state index is 15.2. The van der Waals surface area contributed by atoms with Crippen LogP contribution < -0.4 is 53.2 Å². The molecule has 4 aromatic rings. The number of pyridine rings is 2. The number of carbonyl (C=O) groups is 12. The van der Waals surface area contributed by atoms with Gasteiger partial charge in [-0.1, -0.05) is 128 Å². The van der Waals surface area contributed by atoms with Crippen molar-refractivity contribution in [2.24, 2.45) is 23.7 Å². The monoisotopic (exact) mass is 1350 g/mol. The number of nitrogens with zero attached hydrogens (tertiary/aromatic N) is 4. The molecule has 26 heteroatoms. The Balaban J connectivity index is 1.26. The molecule has 2 aromatic carbocycles. The molecule has 0 aliphatic carbocycles. The number of rotatable bonds is 20. The van der Waals surface area contributed by atoms with Gasteiger partial charge in [-0.2, -0.15) is 0 Å². The highest BCUT2D eigenvalue weighted by atomic mass is 16.2. The molecule has 10 atom stereocenters. The van der Waals surface area contributed by atoms with Gasteiger partial charge in [-0.15, -0.1) is 0 Å². The SMILES string of the molecule is CC(C)C[C@@H]1NC(=O)[C@H](CCCNC(=O)c2ccccn2)NC(=O)[C@H](C(C)C)NC(=O)[C@@H]2CCCN2C(=O)[C@@H](Cc2ccccc2)NC(=O)[C@H](CC(C)C)NC(=O)[C@H](CCCNC(=O)c2ccccn2)NC(=O)[C@H](C(C)C)NC(=O)[C@@H]2CCCN2C(=O)[C@@H](Cc2ccccc2)NC1=O. The van der Waals surface area contributed by atoms with Gasteiger partial charge in [0.15, 0.2) is 0 Å². The van der Waals surface area contributed by atoms with Crippen LogP contribution in [0, 0.1) is 23.7 Å². The van der Waals surface area contributed by atoms with Crippen LogP contribution in [0.5, 0.6) is 0 Å². The second-order valence-corrected chi connectivity index (χ2v) is 27.1. The van der Waals surface area contributed by atoms with Crippen molar-refractivity contribution in [3.8, 4) is 0 Å². The molecule has 0 spiro atoms. The summed E-state index contributed by atoms with van der Waals surface area (Å²) in [6.07, 6.45) is 4.30. The molecule has 98 heavy (non-hydrogen) atoms. The van der Waals surface area contributed by atoms with Crippen LogP contribution in [0.25, 0.3) is 0 Å². The van der Waals surface area contributed by atoms with Crippen molar-refractivity contribution >= 4 is 70.9 Å². The second kappa shape index (κ2) is 37.2. The lowest BCUT2D eigenvalue weighted by atomic mass is 9.98. The van der Waals surface area contributed by atoms with E-state index in [0.29, 0.717) is 24.0 Å². The van der Waals surface area contributed by atoms with E-state index in [2.05, 4.69) is 63.1 Å². The summed E-state index contributed by atoms with van der Waals surface area (Å²) in [5.74, 6) is -9.66. The van der Waals surface area contributed by atoms with Crippen LogP contribution >= 0.6 is 0 Å². The summed E-state index contributed by atoms with van der Waals surface area (Å²) in [6.45, 7) is 14.5. The van der Waals surface area contributed by atoms with E-state index in [-0.39, 0.29) is 114 Å². The minimum absolute atomic E-state index is 0.0299. The molecule has 10 N–H and O–H groups in total. The number of benzene rings is 2. The lowest BCUT2D eigenvalue weighted by molar-refractivity contribution is -0.143. The fraction of sp³-hybridized carbons (Fsp3) is 0.528. The molecule has 2 aromatic heterocycles. The number of hydrogen-bond acceptors (Lipinski definition) is 14. The van der Waals surface area contributed by atoms with Gasteiger partial charge in [0.2, 0.25) is 59.1 Å². The van der Waals surface area contributed by atoms with Gasteiger partial charge >= 0.3 is 0 Å². The summed E-state index contributed by atoms with van der Waals surface area (Å²) in [4.78, 5) is 186. The van der Waals surface area contributed by atoms with E-state index in [1.165, 1.54) is 22.2 Å². The fourth-order valence-corrected chi connectivity index (χ4v) is 12.4. The number of fused-ring (bicyclic) bond motifs is 2. The average molecular weight is 1350 g/mol. The zero-order valence-electron chi connectivity index (χ0n) is 57.5. The fourth-order valence-electron chi connectivity index (χ4n) is 12.4. The third-order valence-corrected chi connectivity index (χ3v) is 17.6. The maximum Gasteiger partial charge on any atom is 0.269 e. The van der Waals surface area contributed by atoms with Crippen molar-refractivity contribution in [2.75, 3.05) is 26.2 Å². The van der Waals surface area contributed by atoms with Gasteiger partial charge in [0.05, 0.1) is 0 Å². The van der Waals surface area contributed by atoms with E-state index in [0.717, 1.165) is 0 Å². The van der Waals surface area contributed by atoms with Crippen LogP contribution in [0.2, 0.25) is 0 Å². The molecule has 0 bridgehead atoms. The van der Waals surface area contributed by atoms with Crippen LogP contribution in [0.15, 0.2) is 109 Å². The molecule has 0 unspecified atom stereocenters. The van der Waals surface area contributed by atoms with Crippen LogP contribution in [0.3, 0.4) is 0 Å². The Morgan fingerprint density at radius 2 is 0.755 bits per heavy atom. The zero-order chi connectivity index (χ0) is 71.0. The van der Waals surface area contributed by atoms with E-state index in [4.69, 9.17) is 0 Å². The summed E-state index contributed by atoms with van der Waals surface area (Å²) in [6, 6.07) is 14.8. The first kappa shape index (κ1) is 75.8. The minimum atomic E-state index is -1.36. The van der Waals surface area contributed by atoms with Crippen molar-refractivity contribution in [1.82, 2.24) is 72.9 Å². The predicted octanol–water partition coefficient (Wildman–Crippen LogP) is 2.96. The number of nitrogens with one attached hydrogen (secondary N) is 10. The van der Waals surface area contributed by atoms with Crippen molar-refractivity contribution in [3.63, 3.8) is 0 Å². The molecule has 12 amide bonds. The molecule has 3 saturated heterocycles.